The Morgan fingerprint density at radius 2 is 1.77 bits per heavy atom. The van der Waals surface area contributed by atoms with Gasteiger partial charge in [-0.25, -0.2) is 9.31 Å². The highest BCUT2D eigenvalue weighted by Crippen LogP contribution is 2.37. The molecule has 5 rings (SSSR count). The van der Waals surface area contributed by atoms with Crippen molar-refractivity contribution in [2.24, 2.45) is 7.05 Å². The summed E-state index contributed by atoms with van der Waals surface area (Å²) in [5, 5.41) is 8.89. The lowest BCUT2D eigenvalue weighted by Gasteiger charge is -2.42. The summed E-state index contributed by atoms with van der Waals surface area (Å²) in [7, 11) is 1.92. The van der Waals surface area contributed by atoms with Crippen LogP contribution >= 0.6 is 0 Å². The number of pyridine rings is 1. The van der Waals surface area contributed by atoms with E-state index in [1.165, 1.54) is 0 Å². The second-order valence-electron chi connectivity index (χ2n) is 9.36. The molecule has 3 aromatic heterocycles. The van der Waals surface area contributed by atoms with Crippen LogP contribution in [-0.2, 0) is 11.8 Å². The lowest BCUT2D eigenvalue weighted by Crippen LogP contribution is -2.56. The summed E-state index contributed by atoms with van der Waals surface area (Å²) in [5.74, 6) is 0. The van der Waals surface area contributed by atoms with Gasteiger partial charge in [0.15, 0.2) is 0 Å². The van der Waals surface area contributed by atoms with E-state index in [2.05, 4.69) is 33.4 Å². The molecule has 2 bridgehead atoms. The second-order valence-corrected chi connectivity index (χ2v) is 9.36. The number of fused-ring (bicyclic) bond motifs is 3. The van der Waals surface area contributed by atoms with Gasteiger partial charge in [0.2, 0.25) is 0 Å². The van der Waals surface area contributed by atoms with Crippen molar-refractivity contribution in [3.63, 3.8) is 0 Å². The molecular formula is C22H28N6O2. The molecule has 0 saturated carbocycles. The Morgan fingerprint density at radius 1 is 1.03 bits per heavy atom. The number of carbonyl (C=O) groups is 1. The molecule has 1 amide bonds. The zero-order chi connectivity index (χ0) is 21.0. The summed E-state index contributed by atoms with van der Waals surface area (Å²) < 4.78 is 9.34. The quantitative estimate of drug-likeness (QED) is 0.651. The van der Waals surface area contributed by atoms with E-state index in [0.29, 0.717) is 25.2 Å². The minimum Gasteiger partial charge on any atom is -0.444 e. The Labute approximate surface area is 176 Å². The number of anilines is 1. The van der Waals surface area contributed by atoms with Gasteiger partial charge < -0.3 is 14.5 Å². The second kappa shape index (κ2) is 6.75. The van der Waals surface area contributed by atoms with Crippen molar-refractivity contribution in [3.05, 3.63) is 36.9 Å². The Kier molecular flexibility index (Phi) is 4.27. The van der Waals surface area contributed by atoms with Gasteiger partial charge >= 0.3 is 6.09 Å². The monoisotopic (exact) mass is 408 g/mol. The van der Waals surface area contributed by atoms with Gasteiger partial charge in [0.05, 0.1) is 23.6 Å². The summed E-state index contributed by atoms with van der Waals surface area (Å²) in [4.78, 5) is 16.9. The molecule has 2 aliphatic rings. The third-order valence-electron chi connectivity index (χ3n) is 5.95. The van der Waals surface area contributed by atoms with Crippen LogP contribution in [0.5, 0.6) is 0 Å². The van der Waals surface area contributed by atoms with Crippen LogP contribution in [0.15, 0.2) is 36.9 Å². The number of piperazine rings is 1. The summed E-state index contributed by atoms with van der Waals surface area (Å²) in [5.41, 5.74) is 3.92. The molecule has 8 heteroatoms. The molecule has 0 aliphatic carbocycles. The Bertz CT molecular complexity index is 1080. The zero-order valence-electron chi connectivity index (χ0n) is 17.9. The number of nitrogens with zero attached hydrogens (tertiary/aromatic N) is 6. The molecule has 0 spiro atoms. The van der Waals surface area contributed by atoms with Gasteiger partial charge in [0.1, 0.15) is 5.60 Å². The molecule has 2 saturated heterocycles. The van der Waals surface area contributed by atoms with E-state index in [-0.39, 0.29) is 6.09 Å². The fourth-order valence-electron chi connectivity index (χ4n) is 4.68. The van der Waals surface area contributed by atoms with Crippen molar-refractivity contribution in [2.45, 2.75) is 51.3 Å². The van der Waals surface area contributed by atoms with Crippen LogP contribution in [0.4, 0.5) is 10.5 Å². The fourth-order valence-corrected chi connectivity index (χ4v) is 4.68. The number of hydrogen-bond acceptors (Lipinski definition) is 5. The number of hydrogen-bond donors (Lipinski definition) is 0. The van der Waals surface area contributed by atoms with E-state index in [0.717, 1.165) is 35.2 Å². The van der Waals surface area contributed by atoms with E-state index in [4.69, 9.17) is 4.74 Å². The average molecular weight is 409 g/mol. The van der Waals surface area contributed by atoms with Gasteiger partial charge in [-0.2, -0.15) is 10.2 Å². The number of amides is 1. The first kappa shape index (κ1) is 19.0. The van der Waals surface area contributed by atoms with Gasteiger partial charge in [0, 0.05) is 55.7 Å². The van der Waals surface area contributed by atoms with Crippen molar-refractivity contribution < 1.29 is 9.53 Å². The Hall–Kier alpha value is -3.03. The van der Waals surface area contributed by atoms with Crippen molar-refractivity contribution in [1.29, 1.82) is 0 Å². The number of ether oxygens (including phenoxy) is 1. The van der Waals surface area contributed by atoms with Crippen molar-refractivity contribution >= 4 is 17.3 Å². The van der Waals surface area contributed by atoms with Gasteiger partial charge in [-0.1, -0.05) is 6.07 Å². The predicted octanol–water partition coefficient (Wildman–Crippen LogP) is 3.32. The van der Waals surface area contributed by atoms with E-state index < -0.39 is 5.60 Å². The van der Waals surface area contributed by atoms with E-state index in [1.807, 2.05) is 55.8 Å². The molecule has 0 N–H and O–H groups in total. The maximum atomic E-state index is 12.6. The highest BCUT2D eigenvalue weighted by Gasteiger charge is 2.43. The lowest BCUT2D eigenvalue weighted by atomic mass is 10.1. The molecule has 30 heavy (non-hydrogen) atoms. The van der Waals surface area contributed by atoms with E-state index in [1.54, 1.807) is 4.68 Å². The SMILES string of the molecule is Cn1cc(-c2ccc3c(N4C5CCC4CN(C(=O)OC(C)(C)C)C5)cnn3c2)cn1. The smallest absolute Gasteiger partial charge is 0.410 e. The minimum atomic E-state index is -0.471. The molecule has 2 fully saturated rings. The van der Waals surface area contributed by atoms with Gasteiger partial charge in [-0.3, -0.25) is 4.68 Å². The molecule has 5 heterocycles. The number of rotatable bonds is 2. The van der Waals surface area contributed by atoms with Crippen LogP contribution in [0.1, 0.15) is 33.6 Å². The first-order chi connectivity index (χ1) is 14.3. The van der Waals surface area contributed by atoms with Crippen LogP contribution in [0.25, 0.3) is 16.6 Å². The number of carbonyl (C=O) groups excluding carboxylic acids is 1. The number of aromatic nitrogens is 4. The molecule has 158 valence electrons. The van der Waals surface area contributed by atoms with Crippen molar-refractivity contribution in [3.8, 4) is 11.1 Å². The Morgan fingerprint density at radius 3 is 2.40 bits per heavy atom. The number of likely N-dealkylation sites (tertiary alicyclic amines) is 1. The Balaban J connectivity index is 1.39. The first-order valence-corrected chi connectivity index (χ1v) is 10.5. The van der Waals surface area contributed by atoms with E-state index >= 15 is 0 Å². The summed E-state index contributed by atoms with van der Waals surface area (Å²) in [6.07, 6.45) is 9.82. The molecule has 8 nitrogen and oxygen atoms in total. The summed E-state index contributed by atoms with van der Waals surface area (Å²) in [6, 6.07) is 4.84. The molecule has 2 unspecified atom stereocenters. The molecule has 0 radical (unpaired) electrons. The highest BCUT2D eigenvalue weighted by molar-refractivity contribution is 5.77. The van der Waals surface area contributed by atoms with Crippen molar-refractivity contribution in [1.82, 2.24) is 24.3 Å². The average Bonchev–Trinajstić information content (AvgIpc) is 3.35. The van der Waals surface area contributed by atoms with Crippen LogP contribution in [-0.4, -0.2) is 61.2 Å². The minimum absolute atomic E-state index is 0.208. The molecule has 0 aromatic carbocycles. The molecule has 2 atom stereocenters. The standard InChI is InChI=1S/C22H28N6O2/c1-22(2,3)30-21(29)26-13-17-6-7-18(14-26)28(17)20-10-24-27-12-15(5-8-19(20)27)16-9-23-25(4)11-16/h5,8-12,17-18H,6-7,13-14H2,1-4H3. The first-order valence-electron chi connectivity index (χ1n) is 10.5. The summed E-state index contributed by atoms with van der Waals surface area (Å²) in [6.45, 7) is 7.12. The van der Waals surface area contributed by atoms with Crippen molar-refractivity contribution in [2.75, 3.05) is 18.0 Å². The largest absolute Gasteiger partial charge is 0.444 e. The maximum absolute atomic E-state index is 12.6. The highest BCUT2D eigenvalue weighted by atomic mass is 16.6. The van der Waals surface area contributed by atoms with Gasteiger partial charge in [0.25, 0.3) is 0 Å². The van der Waals surface area contributed by atoms with Crippen LogP contribution in [0.2, 0.25) is 0 Å². The van der Waals surface area contributed by atoms with E-state index in [9.17, 15) is 4.79 Å². The third-order valence-corrected chi connectivity index (χ3v) is 5.95. The summed E-state index contributed by atoms with van der Waals surface area (Å²) >= 11 is 0. The fraction of sp³-hybridized carbons (Fsp3) is 0.500. The zero-order valence-corrected chi connectivity index (χ0v) is 17.9. The van der Waals surface area contributed by atoms with Crippen LogP contribution in [0.3, 0.4) is 0 Å². The molecular weight excluding hydrogens is 380 g/mol. The van der Waals surface area contributed by atoms with Gasteiger partial charge in [-0.15, -0.1) is 0 Å². The molecule has 2 aliphatic heterocycles. The predicted molar refractivity (Wildman–Crippen MR) is 114 cm³/mol. The lowest BCUT2D eigenvalue weighted by molar-refractivity contribution is 0.0210. The van der Waals surface area contributed by atoms with Crippen LogP contribution in [0, 0.1) is 0 Å². The molecule has 3 aromatic rings. The van der Waals surface area contributed by atoms with Crippen LogP contribution < -0.4 is 4.90 Å². The normalized spacial score (nSPS) is 21.5. The van der Waals surface area contributed by atoms with Gasteiger partial charge in [-0.05, 0) is 39.7 Å². The maximum Gasteiger partial charge on any atom is 0.410 e. The topological polar surface area (TPSA) is 67.9 Å². The number of aryl methyl sites for hydroxylation is 1. The third kappa shape index (κ3) is 3.30.